The summed E-state index contributed by atoms with van der Waals surface area (Å²) in [5, 5.41) is 8.81. The van der Waals surface area contributed by atoms with Gasteiger partial charge in [0.25, 0.3) is 0 Å². The maximum Gasteiger partial charge on any atom is 0.457 e. The Morgan fingerprint density at radius 1 is 1.25 bits per heavy atom. The molecule has 3 nitrogen and oxygen atoms in total. The third-order valence-corrected chi connectivity index (χ3v) is 1.61. The average molecular weight is 174 g/mol. The van der Waals surface area contributed by atoms with E-state index in [0.29, 0.717) is 13.2 Å². The van der Waals surface area contributed by atoms with Crippen molar-refractivity contribution in [2.24, 2.45) is 5.92 Å². The van der Waals surface area contributed by atoms with Crippen molar-refractivity contribution in [2.75, 3.05) is 19.8 Å². The Bertz CT molecular complexity index is 94.3. The third kappa shape index (κ3) is 5.58. The highest BCUT2D eigenvalue weighted by Crippen LogP contribution is 2.07. The van der Waals surface area contributed by atoms with Crippen LogP contribution in [0.2, 0.25) is 6.32 Å². The Morgan fingerprint density at radius 2 is 1.75 bits per heavy atom. The van der Waals surface area contributed by atoms with Crippen LogP contribution in [0.4, 0.5) is 0 Å². The molecule has 0 saturated heterocycles. The molecule has 0 aromatic carbocycles. The molecule has 0 aromatic rings. The van der Waals surface area contributed by atoms with Crippen molar-refractivity contribution in [3.05, 3.63) is 0 Å². The Balaban J connectivity index is 3.61. The molecule has 0 bridgehead atoms. The number of aliphatic hydroxyl groups excluding tert-OH is 1. The minimum absolute atomic E-state index is 0.151. The maximum atomic E-state index is 8.81. The van der Waals surface area contributed by atoms with Gasteiger partial charge in [0.15, 0.2) is 0 Å². The molecule has 0 aromatic heterocycles. The van der Waals surface area contributed by atoms with E-state index < -0.39 is 0 Å². The Kier molecular flexibility index (Phi) is 7.55. The second kappa shape index (κ2) is 7.59. The van der Waals surface area contributed by atoms with Gasteiger partial charge in [0, 0.05) is 19.8 Å². The molecule has 0 unspecified atom stereocenters. The fourth-order valence-corrected chi connectivity index (χ4v) is 0.959. The van der Waals surface area contributed by atoms with Crippen LogP contribution in [0.5, 0.6) is 0 Å². The van der Waals surface area contributed by atoms with E-state index in [4.69, 9.17) is 14.4 Å². The Morgan fingerprint density at radius 3 is 2.08 bits per heavy atom. The first-order valence-corrected chi connectivity index (χ1v) is 4.58. The van der Waals surface area contributed by atoms with Crippen LogP contribution in [-0.2, 0) is 9.31 Å². The van der Waals surface area contributed by atoms with E-state index in [0.717, 1.165) is 6.32 Å². The predicted molar refractivity (Wildman–Crippen MR) is 50.1 cm³/mol. The highest BCUT2D eigenvalue weighted by molar-refractivity contribution is 6.44. The molecule has 0 aliphatic carbocycles. The smallest absolute Gasteiger partial charge is 0.411 e. The molecule has 4 heteroatoms. The Hall–Kier alpha value is -0.0551. The molecule has 0 aliphatic heterocycles. The lowest BCUT2D eigenvalue weighted by atomic mass is 9.78. The van der Waals surface area contributed by atoms with Gasteiger partial charge in [-0.05, 0) is 26.1 Å². The third-order valence-electron chi connectivity index (χ3n) is 1.61. The van der Waals surface area contributed by atoms with Crippen LogP contribution in [0.25, 0.3) is 0 Å². The van der Waals surface area contributed by atoms with Gasteiger partial charge in [0.2, 0.25) is 0 Å². The van der Waals surface area contributed by atoms with Gasteiger partial charge in [-0.3, -0.25) is 0 Å². The molecular weight excluding hydrogens is 155 g/mol. The van der Waals surface area contributed by atoms with E-state index in [1.54, 1.807) is 0 Å². The summed E-state index contributed by atoms with van der Waals surface area (Å²) >= 11 is 0. The van der Waals surface area contributed by atoms with Crippen LogP contribution in [0, 0.1) is 5.92 Å². The summed E-state index contributed by atoms with van der Waals surface area (Å²) < 4.78 is 10.6. The van der Waals surface area contributed by atoms with E-state index >= 15 is 0 Å². The average Bonchev–Trinajstić information content (AvgIpc) is 2.05. The lowest BCUT2D eigenvalue weighted by Crippen LogP contribution is -2.26. The second-order valence-corrected chi connectivity index (χ2v) is 2.86. The van der Waals surface area contributed by atoms with Crippen molar-refractivity contribution < 1.29 is 14.4 Å². The van der Waals surface area contributed by atoms with Crippen molar-refractivity contribution in [1.29, 1.82) is 0 Å². The molecule has 0 spiro atoms. The van der Waals surface area contributed by atoms with Gasteiger partial charge in [0.05, 0.1) is 0 Å². The number of aliphatic hydroxyl groups is 1. The van der Waals surface area contributed by atoms with Crippen LogP contribution in [-0.4, -0.2) is 32.0 Å². The second-order valence-electron chi connectivity index (χ2n) is 2.86. The molecule has 0 aliphatic rings. The fourth-order valence-electron chi connectivity index (χ4n) is 0.959. The molecule has 0 radical (unpaired) electrons. The van der Waals surface area contributed by atoms with E-state index in [1.807, 2.05) is 20.8 Å². The summed E-state index contributed by atoms with van der Waals surface area (Å²) in [7, 11) is -0.151. The Labute approximate surface area is 75.2 Å². The van der Waals surface area contributed by atoms with Gasteiger partial charge in [-0.25, -0.2) is 0 Å². The largest absolute Gasteiger partial charge is 0.457 e. The van der Waals surface area contributed by atoms with Crippen molar-refractivity contribution in [3.8, 4) is 0 Å². The number of rotatable bonds is 7. The van der Waals surface area contributed by atoms with E-state index in [1.165, 1.54) is 0 Å². The first-order valence-electron chi connectivity index (χ1n) is 4.58. The molecule has 0 fully saturated rings. The van der Waals surface area contributed by atoms with Gasteiger partial charge in [-0.15, -0.1) is 0 Å². The van der Waals surface area contributed by atoms with Crippen molar-refractivity contribution in [2.45, 2.75) is 27.1 Å². The fraction of sp³-hybridized carbons (Fsp3) is 1.00. The summed E-state index contributed by atoms with van der Waals surface area (Å²) in [6.07, 6.45) is 0.762. The van der Waals surface area contributed by atoms with E-state index in [2.05, 4.69) is 0 Å². The highest BCUT2D eigenvalue weighted by Gasteiger charge is 2.19. The molecular formula is C8H19BO3. The van der Waals surface area contributed by atoms with Crippen molar-refractivity contribution in [1.82, 2.24) is 0 Å². The van der Waals surface area contributed by atoms with Crippen molar-refractivity contribution >= 4 is 7.12 Å². The predicted octanol–water partition coefficient (Wildman–Crippen LogP) is 1.18. The van der Waals surface area contributed by atoms with E-state index in [9.17, 15) is 0 Å². The van der Waals surface area contributed by atoms with Crippen LogP contribution in [0.15, 0.2) is 0 Å². The lowest BCUT2D eigenvalue weighted by Gasteiger charge is -2.15. The van der Waals surface area contributed by atoms with Gasteiger partial charge < -0.3 is 14.4 Å². The minimum atomic E-state index is -0.151. The summed E-state index contributed by atoms with van der Waals surface area (Å²) in [6.45, 7) is 7.36. The molecule has 0 heterocycles. The highest BCUT2D eigenvalue weighted by atomic mass is 16.6. The van der Waals surface area contributed by atoms with Crippen molar-refractivity contribution in [3.63, 3.8) is 0 Å². The summed E-state index contributed by atoms with van der Waals surface area (Å²) in [5.41, 5.74) is 0. The topological polar surface area (TPSA) is 38.7 Å². The first-order chi connectivity index (χ1) is 5.74. The summed E-state index contributed by atoms with van der Waals surface area (Å²) in [4.78, 5) is 0. The summed E-state index contributed by atoms with van der Waals surface area (Å²) in [5.74, 6) is 0.244. The molecule has 12 heavy (non-hydrogen) atoms. The normalized spacial score (nSPS) is 13.0. The van der Waals surface area contributed by atoms with Gasteiger partial charge in [0.1, 0.15) is 0 Å². The quantitative estimate of drug-likeness (QED) is 0.589. The molecule has 0 amide bonds. The zero-order valence-corrected chi connectivity index (χ0v) is 8.25. The number of hydrogen-bond donors (Lipinski definition) is 1. The monoisotopic (exact) mass is 174 g/mol. The molecule has 0 rings (SSSR count). The van der Waals surface area contributed by atoms with E-state index in [-0.39, 0.29) is 19.6 Å². The lowest BCUT2D eigenvalue weighted by molar-refractivity contribution is 0.194. The maximum absolute atomic E-state index is 8.81. The van der Waals surface area contributed by atoms with Gasteiger partial charge in [-0.1, -0.05) is 6.92 Å². The SMILES string of the molecule is CCOB(C[C@@H](C)CO)OCC. The molecule has 72 valence electrons. The van der Waals surface area contributed by atoms with Crippen LogP contribution >= 0.6 is 0 Å². The number of hydrogen-bond acceptors (Lipinski definition) is 3. The zero-order valence-electron chi connectivity index (χ0n) is 8.25. The van der Waals surface area contributed by atoms with Crippen LogP contribution in [0.3, 0.4) is 0 Å². The molecule has 1 N–H and O–H groups in total. The minimum Gasteiger partial charge on any atom is -0.411 e. The van der Waals surface area contributed by atoms with Crippen LogP contribution in [0.1, 0.15) is 20.8 Å². The summed E-state index contributed by atoms with van der Waals surface area (Å²) in [6, 6.07) is 0. The standard InChI is InChI=1S/C8H19BO3/c1-4-11-9(12-5-2)6-8(3)7-10/h8,10H,4-7H2,1-3H3/t8-/m1/s1. The van der Waals surface area contributed by atoms with Gasteiger partial charge >= 0.3 is 7.12 Å². The molecule has 1 atom stereocenters. The first kappa shape index (κ1) is 11.9. The molecule has 0 saturated carbocycles. The van der Waals surface area contributed by atoms with Crippen LogP contribution < -0.4 is 0 Å². The van der Waals surface area contributed by atoms with Gasteiger partial charge in [-0.2, -0.15) is 0 Å². The zero-order chi connectivity index (χ0) is 9.40.